The highest BCUT2D eigenvalue weighted by atomic mass is 16.1. The monoisotopic (exact) mass is 258 g/mol. The molecule has 1 amide bonds. The Balaban J connectivity index is 2.10. The van der Waals surface area contributed by atoms with E-state index in [0.29, 0.717) is 17.8 Å². The average molecular weight is 258 g/mol. The molecule has 5 heteroatoms. The second kappa shape index (κ2) is 5.14. The summed E-state index contributed by atoms with van der Waals surface area (Å²) in [4.78, 5) is 12.1. The van der Waals surface area contributed by atoms with Crippen LogP contribution in [-0.2, 0) is 13.6 Å². The molecule has 0 unspecified atom stereocenters. The van der Waals surface area contributed by atoms with Crippen LogP contribution in [0.5, 0.6) is 0 Å². The number of carbonyl (C=O) groups is 1. The molecule has 0 spiro atoms. The van der Waals surface area contributed by atoms with Gasteiger partial charge in [-0.1, -0.05) is 12.1 Å². The van der Waals surface area contributed by atoms with Crippen LogP contribution in [0.4, 0.5) is 5.69 Å². The first kappa shape index (κ1) is 13.1. The minimum Gasteiger partial charge on any atom is -0.398 e. The second-order valence-corrected chi connectivity index (χ2v) is 4.60. The third-order valence-electron chi connectivity index (χ3n) is 3.35. The molecule has 3 N–H and O–H groups in total. The third kappa shape index (κ3) is 2.59. The molecule has 2 aromatic rings. The predicted molar refractivity (Wildman–Crippen MR) is 74.7 cm³/mol. The minimum absolute atomic E-state index is 0.163. The molecular weight excluding hydrogens is 240 g/mol. The van der Waals surface area contributed by atoms with Crippen LogP contribution in [0.15, 0.2) is 24.4 Å². The Kier molecular flexibility index (Phi) is 3.55. The molecule has 0 saturated heterocycles. The van der Waals surface area contributed by atoms with Gasteiger partial charge in [0.2, 0.25) is 0 Å². The van der Waals surface area contributed by atoms with E-state index in [1.807, 2.05) is 33.0 Å². The van der Waals surface area contributed by atoms with E-state index in [4.69, 9.17) is 5.73 Å². The first-order valence-electron chi connectivity index (χ1n) is 6.11. The quantitative estimate of drug-likeness (QED) is 0.820. The summed E-state index contributed by atoms with van der Waals surface area (Å²) in [6, 6.07) is 5.45. The van der Waals surface area contributed by atoms with E-state index in [0.717, 1.165) is 16.8 Å². The van der Waals surface area contributed by atoms with Gasteiger partial charge in [-0.25, -0.2) is 0 Å². The topological polar surface area (TPSA) is 72.9 Å². The number of nitrogens with two attached hydrogens (primary N) is 1. The molecule has 0 radical (unpaired) electrons. The Morgan fingerprint density at radius 3 is 2.79 bits per heavy atom. The fraction of sp³-hybridized carbons (Fsp3) is 0.286. The highest BCUT2D eigenvalue weighted by Gasteiger charge is 2.11. The second-order valence-electron chi connectivity index (χ2n) is 4.60. The number of anilines is 1. The summed E-state index contributed by atoms with van der Waals surface area (Å²) in [6.07, 6.45) is 1.76. The molecule has 100 valence electrons. The maximum absolute atomic E-state index is 12.1. The number of nitrogens with zero attached hydrogens (tertiary/aromatic N) is 2. The summed E-state index contributed by atoms with van der Waals surface area (Å²) >= 11 is 0. The van der Waals surface area contributed by atoms with Crippen molar-refractivity contribution in [1.82, 2.24) is 15.1 Å². The van der Waals surface area contributed by atoms with Gasteiger partial charge in [0.05, 0.1) is 11.8 Å². The Hall–Kier alpha value is -2.30. The minimum atomic E-state index is -0.163. The number of hydrogen-bond donors (Lipinski definition) is 2. The molecule has 0 aliphatic heterocycles. The Bertz CT molecular complexity index is 616. The largest absolute Gasteiger partial charge is 0.398 e. The number of carbonyl (C=O) groups excluding carboxylic acids is 1. The van der Waals surface area contributed by atoms with E-state index in [1.54, 1.807) is 16.9 Å². The van der Waals surface area contributed by atoms with Gasteiger partial charge in [0.15, 0.2) is 0 Å². The van der Waals surface area contributed by atoms with Crippen molar-refractivity contribution < 1.29 is 4.79 Å². The smallest absolute Gasteiger partial charge is 0.253 e. The zero-order valence-electron chi connectivity index (χ0n) is 11.4. The van der Waals surface area contributed by atoms with Gasteiger partial charge in [0.25, 0.3) is 5.91 Å². The van der Waals surface area contributed by atoms with E-state index in [1.165, 1.54) is 0 Å². The Morgan fingerprint density at radius 2 is 2.16 bits per heavy atom. The molecular formula is C14H18N4O. The van der Waals surface area contributed by atoms with Crippen LogP contribution < -0.4 is 11.1 Å². The van der Waals surface area contributed by atoms with Crippen molar-refractivity contribution in [3.63, 3.8) is 0 Å². The molecule has 5 nitrogen and oxygen atoms in total. The van der Waals surface area contributed by atoms with Gasteiger partial charge in [-0.2, -0.15) is 5.10 Å². The van der Waals surface area contributed by atoms with E-state index < -0.39 is 0 Å². The summed E-state index contributed by atoms with van der Waals surface area (Å²) in [5, 5.41) is 7.00. The van der Waals surface area contributed by atoms with Crippen molar-refractivity contribution >= 4 is 11.6 Å². The van der Waals surface area contributed by atoms with E-state index in [9.17, 15) is 4.79 Å². The average Bonchev–Trinajstić information content (AvgIpc) is 2.70. The highest BCUT2D eigenvalue weighted by molar-refractivity contribution is 5.99. The number of hydrogen-bond acceptors (Lipinski definition) is 3. The first-order valence-corrected chi connectivity index (χ1v) is 6.11. The summed E-state index contributed by atoms with van der Waals surface area (Å²) in [5.41, 5.74) is 9.90. The van der Waals surface area contributed by atoms with E-state index in [-0.39, 0.29) is 5.91 Å². The summed E-state index contributed by atoms with van der Waals surface area (Å²) in [6.45, 7) is 4.30. The summed E-state index contributed by atoms with van der Waals surface area (Å²) in [7, 11) is 1.87. The standard InChI is InChI=1S/C14H18N4O/c1-9-5-4-6-12(13(9)15)14(19)16-7-11-8-17-18(3)10(11)2/h4-6,8H,7,15H2,1-3H3,(H,16,19). The van der Waals surface area contributed by atoms with Crippen LogP contribution in [-0.4, -0.2) is 15.7 Å². The van der Waals surface area contributed by atoms with Gasteiger partial charge in [-0.05, 0) is 25.5 Å². The van der Waals surface area contributed by atoms with Crippen molar-refractivity contribution in [3.8, 4) is 0 Å². The number of nitrogen functional groups attached to an aromatic ring is 1. The number of amides is 1. The lowest BCUT2D eigenvalue weighted by Gasteiger charge is -2.09. The van der Waals surface area contributed by atoms with Crippen molar-refractivity contribution in [1.29, 1.82) is 0 Å². The lowest BCUT2D eigenvalue weighted by atomic mass is 10.1. The normalized spacial score (nSPS) is 10.5. The fourth-order valence-electron chi connectivity index (χ4n) is 1.87. The number of aromatic nitrogens is 2. The molecule has 0 aliphatic carbocycles. The number of nitrogens with one attached hydrogen (secondary N) is 1. The van der Waals surface area contributed by atoms with E-state index >= 15 is 0 Å². The molecule has 0 aliphatic rings. The number of rotatable bonds is 3. The lowest BCUT2D eigenvalue weighted by molar-refractivity contribution is 0.0951. The van der Waals surface area contributed by atoms with Crippen LogP contribution in [0.3, 0.4) is 0 Å². The molecule has 19 heavy (non-hydrogen) atoms. The summed E-state index contributed by atoms with van der Waals surface area (Å²) in [5.74, 6) is -0.163. The summed E-state index contributed by atoms with van der Waals surface area (Å²) < 4.78 is 1.78. The molecule has 0 fully saturated rings. The fourth-order valence-corrected chi connectivity index (χ4v) is 1.87. The molecule has 1 aromatic carbocycles. The van der Waals surface area contributed by atoms with Crippen LogP contribution in [0.2, 0.25) is 0 Å². The van der Waals surface area contributed by atoms with Crippen LogP contribution in [0.1, 0.15) is 27.2 Å². The maximum atomic E-state index is 12.1. The van der Waals surface area contributed by atoms with Gasteiger partial charge < -0.3 is 11.1 Å². The third-order valence-corrected chi connectivity index (χ3v) is 3.35. The lowest BCUT2D eigenvalue weighted by Crippen LogP contribution is -2.24. The van der Waals surface area contributed by atoms with Crippen molar-refractivity contribution in [2.45, 2.75) is 20.4 Å². The highest BCUT2D eigenvalue weighted by Crippen LogP contribution is 2.16. The zero-order valence-corrected chi connectivity index (χ0v) is 11.4. The van der Waals surface area contributed by atoms with Gasteiger partial charge in [-0.3, -0.25) is 9.48 Å². The first-order chi connectivity index (χ1) is 9.00. The van der Waals surface area contributed by atoms with Crippen LogP contribution in [0, 0.1) is 13.8 Å². The molecule has 0 saturated carbocycles. The Labute approximate surface area is 112 Å². The van der Waals surface area contributed by atoms with Gasteiger partial charge in [0, 0.05) is 30.5 Å². The molecule has 1 heterocycles. The predicted octanol–water partition coefficient (Wildman–Crippen LogP) is 1.55. The SMILES string of the molecule is Cc1cccc(C(=O)NCc2cnn(C)c2C)c1N. The zero-order chi connectivity index (χ0) is 14.0. The van der Waals surface area contributed by atoms with Crippen molar-refractivity contribution in [3.05, 3.63) is 46.8 Å². The van der Waals surface area contributed by atoms with Crippen molar-refractivity contribution in [2.24, 2.45) is 7.05 Å². The molecule has 0 atom stereocenters. The van der Waals surface area contributed by atoms with E-state index in [2.05, 4.69) is 10.4 Å². The number of para-hydroxylation sites is 1. The Morgan fingerprint density at radius 1 is 1.42 bits per heavy atom. The van der Waals surface area contributed by atoms with Gasteiger partial charge in [-0.15, -0.1) is 0 Å². The van der Waals surface area contributed by atoms with Crippen LogP contribution in [0.25, 0.3) is 0 Å². The molecule has 1 aromatic heterocycles. The van der Waals surface area contributed by atoms with Crippen LogP contribution >= 0.6 is 0 Å². The number of aryl methyl sites for hydroxylation is 2. The van der Waals surface area contributed by atoms with Crippen molar-refractivity contribution in [2.75, 3.05) is 5.73 Å². The maximum Gasteiger partial charge on any atom is 0.253 e. The van der Waals surface area contributed by atoms with Gasteiger partial charge in [0.1, 0.15) is 0 Å². The molecule has 2 rings (SSSR count). The van der Waals surface area contributed by atoms with Gasteiger partial charge >= 0.3 is 0 Å². The number of benzene rings is 1. The molecule has 0 bridgehead atoms.